The Morgan fingerprint density at radius 1 is 1.03 bits per heavy atom. The van der Waals surface area contributed by atoms with Crippen molar-refractivity contribution in [1.29, 1.82) is 0 Å². The molecule has 1 heterocycles. The maximum atomic E-state index is 13.3. The van der Waals surface area contributed by atoms with Gasteiger partial charge in [0.1, 0.15) is 0 Å². The smallest absolute Gasteiger partial charge is 0.242 e. The summed E-state index contributed by atoms with van der Waals surface area (Å²) in [6, 6.07) is 18.3. The van der Waals surface area contributed by atoms with Gasteiger partial charge in [0.05, 0.1) is 12.5 Å². The molecule has 1 saturated heterocycles. The van der Waals surface area contributed by atoms with E-state index in [1.165, 1.54) is 6.92 Å². The summed E-state index contributed by atoms with van der Waals surface area (Å²) in [5.41, 5.74) is 3.32. The van der Waals surface area contributed by atoms with Crippen molar-refractivity contribution in [3.63, 3.8) is 0 Å². The highest BCUT2D eigenvalue weighted by atomic mass is 16.2. The van der Waals surface area contributed by atoms with Crippen molar-refractivity contribution in [3.05, 3.63) is 60.2 Å². The van der Waals surface area contributed by atoms with Crippen LogP contribution in [0.15, 0.2) is 54.6 Å². The van der Waals surface area contributed by atoms with E-state index in [0.29, 0.717) is 32.6 Å². The second-order valence-corrected chi connectivity index (χ2v) is 8.00. The van der Waals surface area contributed by atoms with Gasteiger partial charge in [0.2, 0.25) is 17.7 Å². The molecule has 0 spiro atoms. The first-order chi connectivity index (χ1) is 15.0. The van der Waals surface area contributed by atoms with Crippen LogP contribution in [0.5, 0.6) is 0 Å². The topological polar surface area (TPSA) is 69.7 Å². The fourth-order valence-corrected chi connectivity index (χ4v) is 4.09. The SMILES string of the molecule is CCCN1CCN(C(=O)CNC(C)=O)C[C@@H](Cc2ccccc2-c2ccccc2)C1=O. The molecular weight excluding hydrogens is 390 g/mol. The molecule has 0 aromatic heterocycles. The molecule has 0 unspecified atom stereocenters. The molecule has 164 valence electrons. The van der Waals surface area contributed by atoms with Crippen LogP contribution in [0.25, 0.3) is 11.1 Å². The number of nitrogens with one attached hydrogen (secondary N) is 1. The van der Waals surface area contributed by atoms with Crippen LogP contribution >= 0.6 is 0 Å². The third-order valence-electron chi connectivity index (χ3n) is 5.64. The lowest BCUT2D eigenvalue weighted by Gasteiger charge is -2.25. The number of hydrogen-bond acceptors (Lipinski definition) is 3. The van der Waals surface area contributed by atoms with Crippen LogP contribution in [-0.2, 0) is 20.8 Å². The largest absolute Gasteiger partial charge is 0.347 e. The quantitative estimate of drug-likeness (QED) is 0.747. The van der Waals surface area contributed by atoms with E-state index in [4.69, 9.17) is 0 Å². The summed E-state index contributed by atoms with van der Waals surface area (Å²) in [4.78, 5) is 40.9. The zero-order chi connectivity index (χ0) is 22.2. The molecule has 3 rings (SSSR count). The second kappa shape index (κ2) is 10.8. The fourth-order valence-electron chi connectivity index (χ4n) is 4.09. The van der Waals surface area contributed by atoms with Crippen LogP contribution < -0.4 is 5.32 Å². The van der Waals surface area contributed by atoms with Crippen molar-refractivity contribution in [2.75, 3.05) is 32.7 Å². The molecule has 31 heavy (non-hydrogen) atoms. The van der Waals surface area contributed by atoms with Crippen LogP contribution in [0.4, 0.5) is 0 Å². The van der Waals surface area contributed by atoms with Crippen molar-refractivity contribution in [2.45, 2.75) is 26.7 Å². The lowest BCUT2D eigenvalue weighted by molar-refractivity contribution is -0.135. The van der Waals surface area contributed by atoms with Gasteiger partial charge in [-0.15, -0.1) is 0 Å². The van der Waals surface area contributed by atoms with Gasteiger partial charge in [-0.2, -0.15) is 0 Å². The first-order valence-electron chi connectivity index (χ1n) is 10.9. The molecule has 1 atom stereocenters. The highest BCUT2D eigenvalue weighted by Gasteiger charge is 2.32. The summed E-state index contributed by atoms with van der Waals surface area (Å²) in [6.45, 7) is 5.47. The highest BCUT2D eigenvalue weighted by Crippen LogP contribution is 2.27. The monoisotopic (exact) mass is 421 g/mol. The van der Waals surface area contributed by atoms with Gasteiger partial charge in [-0.25, -0.2) is 0 Å². The van der Waals surface area contributed by atoms with Gasteiger partial charge >= 0.3 is 0 Å². The van der Waals surface area contributed by atoms with E-state index in [1.807, 2.05) is 35.2 Å². The number of rotatable bonds is 7. The first-order valence-corrected chi connectivity index (χ1v) is 10.9. The third kappa shape index (κ3) is 5.94. The average Bonchev–Trinajstić information content (AvgIpc) is 2.93. The van der Waals surface area contributed by atoms with Gasteiger partial charge in [0.15, 0.2) is 0 Å². The molecule has 1 aliphatic heterocycles. The Hall–Kier alpha value is -3.15. The van der Waals surface area contributed by atoms with E-state index in [2.05, 4.69) is 36.5 Å². The summed E-state index contributed by atoms with van der Waals surface area (Å²) >= 11 is 0. The van der Waals surface area contributed by atoms with Gasteiger partial charge in [-0.3, -0.25) is 14.4 Å². The van der Waals surface area contributed by atoms with E-state index in [0.717, 1.165) is 23.1 Å². The molecular formula is C25H31N3O3. The molecule has 2 aromatic carbocycles. The molecule has 3 amide bonds. The third-order valence-corrected chi connectivity index (χ3v) is 5.64. The minimum Gasteiger partial charge on any atom is -0.347 e. The van der Waals surface area contributed by atoms with Gasteiger partial charge in [-0.1, -0.05) is 61.5 Å². The van der Waals surface area contributed by atoms with Crippen LogP contribution in [0.3, 0.4) is 0 Å². The zero-order valence-electron chi connectivity index (χ0n) is 18.3. The van der Waals surface area contributed by atoms with Crippen molar-refractivity contribution in [1.82, 2.24) is 15.1 Å². The van der Waals surface area contributed by atoms with Crippen molar-refractivity contribution in [2.24, 2.45) is 5.92 Å². The van der Waals surface area contributed by atoms with E-state index >= 15 is 0 Å². The minimum absolute atomic E-state index is 0.0371. The molecule has 0 radical (unpaired) electrons. The van der Waals surface area contributed by atoms with E-state index < -0.39 is 0 Å². The Balaban J connectivity index is 1.85. The Labute approximate surface area is 184 Å². The summed E-state index contributed by atoms with van der Waals surface area (Å²) in [6.07, 6.45) is 1.44. The Bertz CT molecular complexity index is 913. The van der Waals surface area contributed by atoms with Crippen LogP contribution in [0.1, 0.15) is 25.8 Å². The van der Waals surface area contributed by atoms with Crippen LogP contribution in [0, 0.1) is 5.92 Å². The lowest BCUT2D eigenvalue weighted by Crippen LogP contribution is -2.42. The predicted molar refractivity (Wildman–Crippen MR) is 121 cm³/mol. The van der Waals surface area contributed by atoms with E-state index in [1.54, 1.807) is 4.90 Å². The molecule has 1 N–H and O–H groups in total. The number of carbonyl (C=O) groups is 3. The number of hydrogen-bond donors (Lipinski definition) is 1. The van der Waals surface area contributed by atoms with Gasteiger partial charge in [0.25, 0.3) is 0 Å². The predicted octanol–water partition coefficient (Wildman–Crippen LogP) is 2.73. The standard InChI is InChI=1S/C25H31N3O3/c1-3-13-27-14-15-28(24(30)17-26-19(2)29)18-22(25(27)31)16-21-11-7-8-12-23(21)20-9-5-4-6-10-20/h4-12,22H,3,13-18H2,1-2H3,(H,26,29)/t22-/m1/s1. The van der Waals surface area contributed by atoms with Crippen molar-refractivity contribution >= 4 is 17.7 Å². The number of benzene rings is 2. The maximum Gasteiger partial charge on any atom is 0.242 e. The highest BCUT2D eigenvalue weighted by molar-refractivity contribution is 5.85. The molecule has 2 aromatic rings. The minimum atomic E-state index is -0.319. The van der Waals surface area contributed by atoms with Gasteiger partial charge < -0.3 is 15.1 Å². The Morgan fingerprint density at radius 2 is 1.74 bits per heavy atom. The molecule has 1 aliphatic rings. The molecule has 0 saturated carbocycles. The molecule has 1 fully saturated rings. The fraction of sp³-hybridized carbons (Fsp3) is 0.400. The van der Waals surface area contributed by atoms with Crippen LogP contribution in [-0.4, -0.2) is 60.2 Å². The maximum absolute atomic E-state index is 13.3. The number of amides is 3. The lowest BCUT2D eigenvalue weighted by atomic mass is 9.91. The van der Waals surface area contributed by atoms with Gasteiger partial charge in [0, 0.05) is 33.1 Å². The van der Waals surface area contributed by atoms with E-state index in [-0.39, 0.29) is 30.2 Å². The summed E-state index contributed by atoms with van der Waals surface area (Å²) in [7, 11) is 0. The molecule has 6 heteroatoms. The summed E-state index contributed by atoms with van der Waals surface area (Å²) < 4.78 is 0. The van der Waals surface area contributed by atoms with Crippen LogP contribution in [0.2, 0.25) is 0 Å². The van der Waals surface area contributed by atoms with Gasteiger partial charge in [-0.05, 0) is 29.5 Å². The molecule has 0 bridgehead atoms. The first kappa shape index (κ1) is 22.5. The summed E-state index contributed by atoms with van der Waals surface area (Å²) in [5, 5.41) is 2.58. The van der Waals surface area contributed by atoms with Crippen molar-refractivity contribution in [3.8, 4) is 11.1 Å². The number of nitrogens with zero attached hydrogens (tertiary/aromatic N) is 2. The number of carbonyl (C=O) groups excluding carboxylic acids is 3. The average molecular weight is 422 g/mol. The molecule has 6 nitrogen and oxygen atoms in total. The van der Waals surface area contributed by atoms with Crippen molar-refractivity contribution < 1.29 is 14.4 Å². The second-order valence-electron chi connectivity index (χ2n) is 8.00. The normalized spacial score (nSPS) is 16.7. The Kier molecular flexibility index (Phi) is 7.82. The van der Waals surface area contributed by atoms with E-state index in [9.17, 15) is 14.4 Å². The molecule has 0 aliphatic carbocycles. The summed E-state index contributed by atoms with van der Waals surface area (Å²) in [5.74, 6) is -0.609. The zero-order valence-corrected chi connectivity index (χ0v) is 18.3. The Morgan fingerprint density at radius 3 is 2.45 bits per heavy atom.